The summed E-state index contributed by atoms with van der Waals surface area (Å²) >= 11 is 0. The molecule has 0 fully saturated rings. The molecule has 6 heteroatoms. The lowest BCUT2D eigenvalue weighted by atomic mass is 10.0. The molecule has 6 nitrogen and oxygen atoms in total. The van der Waals surface area contributed by atoms with Crippen molar-refractivity contribution in [1.29, 1.82) is 0 Å². The Balaban J connectivity index is 4.10. The Hall–Kier alpha value is -3.67. The third-order valence-electron chi connectivity index (χ3n) is 14.8. The molecule has 0 aliphatic carbocycles. The zero-order valence-corrected chi connectivity index (χ0v) is 52.8. The monoisotopic (exact) mass is 1110 g/mol. The number of esters is 3. The van der Waals surface area contributed by atoms with Crippen LogP contribution in [0.2, 0.25) is 0 Å². The lowest BCUT2D eigenvalue weighted by Gasteiger charge is -2.18. The molecule has 0 aliphatic heterocycles. The van der Waals surface area contributed by atoms with Gasteiger partial charge in [0.05, 0.1) is 0 Å². The fourth-order valence-electron chi connectivity index (χ4n) is 9.78. The number of rotatable bonds is 62. The summed E-state index contributed by atoms with van der Waals surface area (Å²) in [6.45, 7) is 6.42. The van der Waals surface area contributed by atoms with Crippen LogP contribution in [0.3, 0.4) is 0 Å². The molecule has 80 heavy (non-hydrogen) atoms. The summed E-state index contributed by atoms with van der Waals surface area (Å²) in [5.74, 6) is -0.896. The molecule has 1 unspecified atom stereocenters. The van der Waals surface area contributed by atoms with E-state index in [1.807, 2.05) is 0 Å². The van der Waals surface area contributed by atoms with Gasteiger partial charge in [0.25, 0.3) is 0 Å². The van der Waals surface area contributed by atoms with Gasteiger partial charge in [-0.05, 0) is 96.3 Å². The summed E-state index contributed by atoms with van der Waals surface area (Å²) in [5, 5.41) is 0. The van der Waals surface area contributed by atoms with Gasteiger partial charge in [-0.25, -0.2) is 0 Å². The van der Waals surface area contributed by atoms with E-state index in [1.54, 1.807) is 0 Å². The van der Waals surface area contributed by atoms with Gasteiger partial charge in [-0.2, -0.15) is 0 Å². The lowest BCUT2D eigenvalue weighted by Crippen LogP contribution is -2.30. The van der Waals surface area contributed by atoms with Crippen molar-refractivity contribution in [2.75, 3.05) is 13.2 Å². The highest BCUT2D eigenvalue weighted by Gasteiger charge is 2.19. The maximum atomic E-state index is 12.9. The molecule has 0 rings (SSSR count). The number of ether oxygens (including phenoxy) is 3. The van der Waals surface area contributed by atoms with Gasteiger partial charge in [-0.15, -0.1) is 0 Å². The molecule has 0 aromatic rings. The molecule has 0 saturated heterocycles. The second-order valence-electron chi connectivity index (χ2n) is 22.7. The Morgan fingerprint density at radius 3 is 0.775 bits per heavy atom. The van der Waals surface area contributed by atoms with Gasteiger partial charge in [0, 0.05) is 19.3 Å². The molecule has 0 radical (unpaired) electrons. The second kappa shape index (κ2) is 67.8. The summed E-state index contributed by atoms with van der Waals surface area (Å²) < 4.78 is 16.9. The largest absolute Gasteiger partial charge is 0.462 e. The van der Waals surface area contributed by atoms with Crippen LogP contribution in [0.15, 0.2) is 97.2 Å². The van der Waals surface area contributed by atoms with Gasteiger partial charge in [0.15, 0.2) is 6.10 Å². The second-order valence-corrected chi connectivity index (χ2v) is 22.7. The number of hydrogen-bond acceptors (Lipinski definition) is 6. The highest BCUT2D eigenvalue weighted by atomic mass is 16.6. The molecule has 0 heterocycles. The van der Waals surface area contributed by atoms with Crippen LogP contribution in [-0.4, -0.2) is 37.2 Å². The molecule has 0 bridgehead atoms. The molecule has 0 N–H and O–H groups in total. The summed E-state index contributed by atoms with van der Waals surface area (Å²) in [6, 6.07) is 0. The van der Waals surface area contributed by atoms with E-state index in [0.717, 1.165) is 116 Å². The fraction of sp³-hybridized carbons (Fsp3) is 0.743. The first-order chi connectivity index (χ1) is 39.5. The van der Waals surface area contributed by atoms with Crippen LogP contribution in [0.4, 0.5) is 0 Å². The molecular weight excluding hydrogens is 985 g/mol. The molecule has 0 amide bonds. The fourth-order valence-corrected chi connectivity index (χ4v) is 9.78. The third-order valence-corrected chi connectivity index (χ3v) is 14.8. The van der Waals surface area contributed by atoms with E-state index in [0.29, 0.717) is 19.3 Å². The minimum atomic E-state index is -0.786. The Kier molecular flexibility index (Phi) is 64.7. The molecule has 0 saturated carbocycles. The van der Waals surface area contributed by atoms with Crippen molar-refractivity contribution in [2.24, 2.45) is 0 Å². The average molecular weight is 1110 g/mol. The molecule has 460 valence electrons. The smallest absolute Gasteiger partial charge is 0.306 e. The van der Waals surface area contributed by atoms with Crippen molar-refractivity contribution in [1.82, 2.24) is 0 Å². The van der Waals surface area contributed by atoms with Gasteiger partial charge in [0.2, 0.25) is 0 Å². The SMILES string of the molecule is CC/C=C\C/C=C\C/C=C\C/C=C\C/C=C\CCCCCCCCCCCCCCCCCCCCCC(=O)OCC(COC(=O)CCCCC/C=C\C/C=C\C/C=C\CC)OC(=O)CCCCCCCCCCCCCCCC. The van der Waals surface area contributed by atoms with Gasteiger partial charge in [-0.3, -0.25) is 14.4 Å². The number of unbranched alkanes of at least 4 members (excludes halogenated alkanes) is 35. The minimum absolute atomic E-state index is 0.0815. The number of carbonyl (C=O) groups excluding carboxylic acids is 3. The van der Waals surface area contributed by atoms with Crippen LogP contribution in [0, 0.1) is 0 Å². The van der Waals surface area contributed by atoms with Crippen LogP contribution in [0.1, 0.15) is 335 Å². The highest BCUT2D eigenvalue weighted by Crippen LogP contribution is 2.18. The van der Waals surface area contributed by atoms with Crippen LogP contribution in [0.25, 0.3) is 0 Å². The zero-order valence-electron chi connectivity index (χ0n) is 52.8. The lowest BCUT2D eigenvalue weighted by molar-refractivity contribution is -0.167. The van der Waals surface area contributed by atoms with Crippen molar-refractivity contribution in [3.63, 3.8) is 0 Å². The Labute approximate surface area is 496 Å². The normalized spacial score (nSPS) is 12.7. The summed E-state index contributed by atoms with van der Waals surface area (Å²) in [5.41, 5.74) is 0. The number of carbonyl (C=O) groups is 3. The quantitative estimate of drug-likeness (QED) is 0.0261. The van der Waals surface area contributed by atoms with Gasteiger partial charge >= 0.3 is 17.9 Å². The average Bonchev–Trinajstić information content (AvgIpc) is 3.46. The van der Waals surface area contributed by atoms with E-state index >= 15 is 0 Å². The number of hydrogen-bond donors (Lipinski definition) is 0. The van der Waals surface area contributed by atoms with Crippen LogP contribution in [0.5, 0.6) is 0 Å². The Morgan fingerprint density at radius 2 is 0.487 bits per heavy atom. The molecular formula is C74H128O6. The molecule has 0 aliphatic rings. The molecule has 0 aromatic heterocycles. The molecule has 0 aromatic carbocycles. The van der Waals surface area contributed by atoms with Crippen LogP contribution in [-0.2, 0) is 28.6 Å². The van der Waals surface area contributed by atoms with E-state index in [4.69, 9.17) is 14.2 Å². The summed E-state index contributed by atoms with van der Waals surface area (Å²) in [4.78, 5) is 38.3. The van der Waals surface area contributed by atoms with E-state index in [-0.39, 0.29) is 31.1 Å². The van der Waals surface area contributed by atoms with Crippen molar-refractivity contribution in [3.8, 4) is 0 Å². The van der Waals surface area contributed by atoms with Gasteiger partial charge < -0.3 is 14.2 Å². The van der Waals surface area contributed by atoms with E-state index in [2.05, 4.69) is 118 Å². The van der Waals surface area contributed by atoms with E-state index in [1.165, 1.54) is 180 Å². The first-order valence-electron chi connectivity index (χ1n) is 34.2. The predicted molar refractivity (Wildman–Crippen MR) is 348 cm³/mol. The topological polar surface area (TPSA) is 78.9 Å². The van der Waals surface area contributed by atoms with Crippen molar-refractivity contribution in [3.05, 3.63) is 97.2 Å². The zero-order chi connectivity index (χ0) is 57.8. The summed E-state index contributed by atoms with van der Waals surface area (Å²) in [6.07, 6.45) is 91.6. The van der Waals surface area contributed by atoms with Gasteiger partial charge in [-0.1, -0.05) is 317 Å². The molecule has 1 atom stereocenters. The first-order valence-corrected chi connectivity index (χ1v) is 34.2. The van der Waals surface area contributed by atoms with Crippen LogP contribution < -0.4 is 0 Å². The highest BCUT2D eigenvalue weighted by molar-refractivity contribution is 5.71. The summed E-state index contributed by atoms with van der Waals surface area (Å²) in [7, 11) is 0. The minimum Gasteiger partial charge on any atom is -0.462 e. The van der Waals surface area contributed by atoms with Crippen molar-refractivity contribution < 1.29 is 28.6 Å². The maximum Gasteiger partial charge on any atom is 0.306 e. The van der Waals surface area contributed by atoms with Crippen molar-refractivity contribution >= 4 is 17.9 Å². The first kappa shape index (κ1) is 76.3. The van der Waals surface area contributed by atoms with E-state index in [9.17, 15) is 14.4 Å². The van der Waals surface area contributed by atoms with E-state index < -0.39 is 6.10 Å². The van der Waals surface area contributed by atoms with Gasteiger partial charge in [0.1, 0.15) is 13.2 Å². The maximum absolute atomic E-state index is 12.9. The standard InChI is InChI=1S/C74H128O6/c1-4-7-10-13-16-19-22-25-27-28-29-30-31-32-33-34-35-36-37-38-39-40-41-42-43-44-45-46-47-50-52-55-58-61-64-67-73(76)79-70-71(69-78-72(75)66-63-60-57-54-51-48-24-21-18-15-12-9-6-3)80-74(77)68-65-62-59-56-53-49-26-23-20-17-14-11-8-5-2/h7,9-10,12,16,18-19,21,25,27,29-30,32-33,48,51,71H,4-6,8,11,13-15,17,20,22-24,26,28,31,34-47,49-50,52-70H2,1-3H3/b10-7-,12-9-,19-16-,21-18-,27-25-,30-29-,33-32-,51-48-. The molecule has 0 spiro atoms. The van der Waals surface area contributed by atoms with Crippen molar-refractivity contribution in [2.45, 2.75) is 341 Å². The predicted octanol–water partition coefficient (Wildman–Crippen LogP) is 23.6. The third kappa shape index (κ3) is 65.1. The van der Waals surface area contributed by atoms with Crippen LogP contribution >= 0.6 is 0 Å². The Bertz CT molecular complexity index is 1560. The Morgan fingerprint density at radius 1 is 0.263 bits per heavy atom. The number of allylic oxidation sites excluding steroid dienone is 16.